The fourth-order valence-electron chi connectivity index (χ4n) is 1.61. The van der Waals surface area contributed by atoms with Gasteiger partial charge in [-0.2, -0.15) is 0 Å². The number of hydrogen-bond acceptors (Lipinski definition) is 3. The first-order valence-corrected chi connectivity index (χ1v) is 5.32. The molecule has 0 aliphatic heterocycles. The molecule has 1 amide bonds. The molecule has 0 heterocycles. The summed E-state index contributed by atoms with van der Waals surface area (Å²) in [5.74, 6) is -1.31. The number of methoxy groups -OCH3 is 1. The Bertz CT molecular complexity index is 280. The van der Waals surface area contributed by atoms with Crippen molar-refractivity contribution in [1.29, 1.82) is 0 Å². The van der Waals surface area contributed by atoms with Crippen LogP contribution in [0, 0.1) is 5.92 Å². The van der Waals surface area contributed by atoms with Gasteiger partial charge in [-0.1, -0.05) is 12.2 Å². The molecule has 0 saturated carbocycles. The van der Waals surface area contributed by atoms with Crippen LogP contribution in [-0.2, 0) is 14.3 Å². The minimum Gasteiger partial charge on any atom is -0.480 e. The highest BCUT2D eigenvalue weighted by Crippen LogP contribution is 2.17. The van der Waals surface area contributed by atoms with E-state index >= 15 is 0 Å². The second kappa shape index (κ2) is 6.27. The fraction of sp³-hybridized carbons (Fsp3) is 0.636. The van der Waals surface area contributed by atoms with Gasteiger partial charge in [-0.15, -0.1) is 0 Å². The van der Waals surface area contributed by atoms with E-state index in [0.717, 1.165) is 0 Å². The summed E-state index contributed by atoms with van der Waals surface area (Å²) in [6.07, 6.45) is 5.56. The monoisotopic (exact) mass is 227 g/mol. The van der Waals surface area contributed by atoms with Gasteiger partial charge in [0.1, 0.15) is 6.04 Å². The molecule has 1 unspecified atom stereocenters. The average Bonchev–Trinajstić information content (AvgIpc) is 2.76. The predicted molar refractivity (Wildman–Crippen MR) is 57.9 cm³/mol. The van der Waals surface area contributed by atoms with E-state index < -0.39 is 12.0 Å². The fourth-order valence-corrected chi connectivity index (χ4v) is 1.61. The smallest absolute Gasteiger partial charge is 0.326 e. The maximum atomic E-state index is 11.7. The molecule has 2 N–H and O–H groups in total. The van der Waals surface area contributed by atoms with Gasteiger partial charge in [-0.3, -0.25) is 4.79 Å². The van der Waals surface area contributed by atoms with Crippen molar-refractivity contribution in [3.05, 3.63) is 12.2 Å². The van der Waals surface area contributed by atoms with Gasteiger partial charge in [0.15, 0.2) is 0 Å². The van der Waals surface area contributed by atoms with Crippen LogP contribution in [0.4, 0.5) is 0 Å². The van der Waals surface area contributed by atoms with Gasteiger partial charge in [-0.25, -0.2) is 4.79 Å². The number of rotatable bonds is 6. The first-order valence-electron chi connectivity index (χ1n) is 5.32. The number of aliphatic carboxylic acids is 1. The molecule has 0 aromatic rings. The molecule has 16 heavy (non-hydrogen) atoms. The maximum Gasteiger partial charge on any atom is 0.326 e. The molecule has 0 aromatic heterocycles. The summed E-state index contributed by atoms with van der Waals surface area (Å²) in [4.78, 5) is 22.5. The van der Waals surface area contributed by atoms with Crippen molar-refractivity contribution < 1.29 is 19.4 Å². The lowest BCUT2D eigenvalue weighted by atomic mass is 10.1. The number of hydrogen-bond donors (Lipinski definition) is 2. The van der Waals surface area contributed by atoms with Crippen LogP contribution < -0.4 is 5.32 Å². The minimum atomic E-state index is -1.02. The number of amides is 1. The highest BCUT2D eigenvalue weighted by Gasteiger charge is 2.25. The molecule has 0 fully saturated rings. The third kappa shape index (κ3) is 3.66. The number of carbonyl (C=O) groups is 2. The van der Waals surface area contributed by atoms with Gasteiger partial charge in [0.25, 0.3) is 0 Å². The van der Waals surface area contributed by atoms with Crippen LogP contribution in [0.1, 0.15) is 19.3 Å². The summed E-state index contributed by atoms with van der Waals surface area (Å²) < 4.78 is 4.80. The molecule has 0 bridgehead atoms. The first kappa shape index (κ1) is 12.7. The van der Waals surface area contributed by atoms with Gasteiger partial charge in [0.05, 0.1) is 0 Å². The summed E-state index contributed by atoms with van der Waals surface area (Å²) in [7, 11) is 1.50. The lowest BCUT2D eigenvalue weighted by molar-refractivity contribution is -0.142. The number of allylic oxidation sites excluding steroid dienone is 2. The van der Waals surface area contributed by atoms with E-state index in [1.165, 1.54) is 7.11 Å². The molecule has 90 valence electrons. The van der Waals surface area contributed by atoms with E-state index in [0.29, 0.717) is 19.4 Å². The van der Waals surface area contributed by atoms with Crippen LogP contribution in [0.3, 0.4) is 0 Å². The van der Waals surface area contributed by atoms with Crippen molar-refractivity contribution in [2.75, 3.05) is 13.7 Å². The first-order chi connectivity index (χ1) is 7.65. The molecule has 1 atom stereocenters. The summed E-state index contributed by atoms with van der Waals surface area (Å²) >= 11 is 0. The standard InChI is InChI=1S/C11H17NO4/c1-16-7-6-9(11(14)15)12-10(13)8-4-2-3-5-8/h2-3,8-9H,4-7H2,1H3,(H,12,13)(H,14,15). The Balaban J connectivity index is 2.41. The second-order valence-corrected chi connectivity index (χ2v) is 3.82. The van der Waals surface area contributed by atoms with E-state index in [1.54, 1.807) is 0 Å². The van der Waals surface area contributed by atoms with E-state index in [9.17, 15) is 9.59 Å². The van der Waals surface area contributed by atoms with Crippen molar-refractivity contribution in [3.8, 4) is 0 Å². The van der Waals surface area contributed by atoms with Crippen LogP contribution in [0.25, 0.3) is 0 Å². The summed E-state index contributed by atoms with van der Waals surface area (Å²) in [5, 5.41) is 11.4. The Kier molecular flexibility index (Phi) is 4.98. The quantitative estimate of drug-likeness (QED) is 0.650. The molecule has 5 nitrogen and oxygen atoms in total. The van der Waals surface area contributed by atoms with E-state index in [1.807, 2.05) is 12.2 Å². The van der Waals surface area contributed by atoms with Crippen LogP contribution in [0.5, 0.6) is 0 Å². The molecule has 0 spiro atoms. The zero-order valence-electron chi connectivity index (χ0n) is 9.31. The topological polar surface area (TPSA) is 75.6 Å². The largest absolute Gasteiger partial charge is 0.480 e. The Morgan fingerprint density at radius 2 is 2.12 bits per heavy atom. The Hall–Kier alpha value is -1.36. The summed E-state index contributed by atoms with van der Waals surface area (Å²) in [5.41, 5.74) is 0. The highest BCUT2D eigenvalue weighted by molar-refractivity contribution is 5.85. The van der Waals surface area contributed by atoms with E-state index in [4.69, 9.17) is 9.84 Å². The zero-order valence-corrected chi connectivity index (χ0v) is 9.31. The SMILES string of the molecule is COCCC(NC(=O)C1CC=CC1)C(=O)O. The van der Waals surface area contributed by atoms with Crippen molar-refractivity contribution in [2.24, 2.45) is 5.92 Å². The summed E-state index contributed by atoms with van der Waals surface area (Å²) in [6.45, 7) is 0.320. The number of carboxylic acids is 1. The number of carboxylic acid groups (broad SMARTS) is 1. The molecule has 1 aliphatic rings. The third-order valence-electron chi connectivity index (χ3n) is 2.60. The Morgan fingerprint density at radius 3 is 2.62 bits per heavy atom. The molecule has 1 rings (SSSR count). The molecular formula is C11H17NO4. The normalized spacial score (nSPS) is 17.3. The molecule has 1 aliphatic carbocycles. The molecule has 5 heteroatoms. The van der Waals surface area contributed by atoms with Gasteiger partial charge in [-0.05, 0) is 12.8 Å². The summed E-state index contributed by atoms with van der Waals surface area (Å²) in [6, 6.07) is -0.854. The maximum absolute atomic E-state index is 11.7. The van der Waals surface area contributed by atoms with Crippen LogP contribution in [0.2, 0.25) is 0 Å². The lowest BCUT2D eigenvalue weighted by Gasteiger charge is -2.16. The van der Waals surface area contributed by atoms with E-state index in [2.05, 4.69) is 5.32 Å². The third-order valence-corrected chi connectivity index (χ3v) is 2.60. The van der Waals surface area contributed by atoms with Crippen molar-refractivity contribution in [2.45, 2.75) is 25.3 Å². The van der Waals surface area contributed by atoms with Gasteiger partial charge in [0.2, 0.25) is 5.91 Å². The number of nitrogens with one attached hydrogen (secondary N) is 1. The van der Waals surface area contributed by atoms with Crippen molar-refractivity contribution >= 4 is 11.9 Å². The zero-order chi connectivity index (χ0) is 12.0. The van der Waals surface area contributed by atoms with Gasteiger partial charge in [0, 0.05) is 26.1 Å². The minimum absolute atomic E-state index is 0.107. The molecule has 0 radical (unpaired) electrons. The van der Waals surface area contributed by atoms with Crippen molar-refractivity contribution in [3.63, 3.8) is 0 Å². The van der Waals surface area contributed by atoms with Crippen LogP contribution in [0.15, 0.2) is 12.2 Å². The highest BCUT2D eigenvalue weighted by atomic mass is 16.5. The van der Waals surface area contributed by atoms with Crippen LogP contribution in [-0.4, -0.2) is 36.7 Å². The molecule has 0 saturated heterocycles. The average molecular weight is 227 g/mol. The predicted octanol–water partition coefficient (Wildman–Crippen LogP) is 0.558. The number of carbonyl (C=O) groups excluding carboxylic acids is 1. The number of ether oxygens (including phenoxy) is 1. The van der Waals surface area contributed by atoms with Crippen molar-refractivity contribution in [1.82, 2.24) is 5.32 Å². The molecular weight excluding hydrogens is 210 g/mol. The lowest BCUT2D eigenvalue weighted by Crippen LogP contribution is -2.43. The Morgan fingerprint density at radius 1 is 1.50 bits per heavy atom. The second-order valence-electron chi connectivity index (χ2n) is 3.82. The Labute approximate surface area is 94.5 Å². The van der Waals surface area contributed by atoms with Gasteiger partial charge < -0.3 is 15.2 Å². The van der Waals surface area contributed by atoms with E-state index in [-0.39, 0.29) is 18.2 Å². The molecule has 0 aromatic carbocycles. The van der Waals surface area contributed by atoms with Crippen LogP contribution >= 0.6 is 0 Å². The van der Waals surface area contributed by atoms with Gasteiger partial charge >= 0.3 is 5.97 Å².